The topological polar surface area (TPSA) is 18.5 Å². The molecule has 2 aromatic carbocycles. The van der Waals surface area contributed by atoms with Crippen LogP contribution in [-0.2, 0) is 5.75 Å². The summed E-state index contributed by atoms with van der Waals surface area (Å²) in [5.74, 6) is 3.99. The minimum atomic E-state index is 0.773. The van der Waals surface area contributed by atoms with E-state index in [-0.39, 0.29) is 0 Å². The normalized spacial score (nSPS) is 10.2. The molecule has 0 heterocycles. The van der Waals surface area contributed by atoms with Gasteiger partial charge in [-0.3, -0.25) is 0 Å². The zero-order valence-corrected chi connectivity index (χ0v) is 12.6. The van der Waals surface area contributed by atoms with Crippen LogP contribution in [0.2, 0.25) is 0 Å². The van der Waals surface area contributed by atoms with Gasteiger partial charge in [0.05, 0.1) is 13.7 Å². The molecule has 0 saturated carbocycles. The summed E-state index contributed by atoms with van der Waals surface area (Å²) in [5, 5.41) is 0. The van der Waals surface area contributed by atoms with E-state index in [1.807, 2.05) is 54.2 Å². The van der Waals surface area contributed by atoms with Crippen molar-refractivity contribution in [1.82, 2.24) is 0 Å². The number of thioether (sulfide) groups is 1. The van der Waals surface area contributed by atoms with Crippen molar-refractivity contribution >= 4 is 11.8 Å². The van der Waals surface area contributed by atoms with Gasteiger partial charge >= 0.3 is 0 Å². The minimum absolute atomic E-state index is 0.773. The minimum Gasteiger partial charge on any atom is -0.497 e. The molecule has 2 nitrogen and oxygen atoms in total. The molecule has 0 atom stereocenters. The molecule has 0 aliphatic rings. The number of hydrogen-bond acceptors (Lipinski definition) is 3. The molecule has 0 aliphatic heterocycles. The zero-order valence-electron chi connectivity index (χ0n) is 11.7. The van der Waals surface area contributed by atoms with Crippen molar-refractivity contribution in [2.45, 2.75) is 12.2 Å². The molecule has 0 unspecified atom stereocenters. The maximum Gasteiger partial charge on any atom is 0.119 e. The van der Waals surface area contributed by atoms with Crippen LogP contribution in [0.25, 0.3) is 0 Å². The van der Waals surface area contributed by atoms with Gasteiger partial charge in [-0.25, -0.2) is 0 Å². The smallest absolute Gasteiger partial charge is 0.119 e. The van der Waals surface area contributed by atoms with Gasteiger partial charge in [0.1, 0.15) is 11.5 Å². The Morgan fingerprint density at radius 1 is 0.950 bits per heavy atom. The summed E-state index contributed by atoms with van der Waals surface area (Å²) in [7, 11) is 1.70. The molecule has 0 bridgehead atoms. The maximum absolute atomic E-state index is 5.66. The highest BCUT2D eigenvalue weighted by Crippen LogP contribution is 2.18. The quantitative estimate of drug-likeness (QED) is 0.671. The Bertz CT molecular complexity index is 499. The average molecular weight is 288 g/mol. The Kier molecular flexibility index (Phi) is 6.32. The van der Waals surface area contributed by atoms with Crippen LogP contribution < -0.4 is 9.47 Å². The first-order valence-corrected chi connectivity index (χ1v) is 7.92. The SMILES string of the molecule is COc1cccc(CSCCCOc2ccccc2)c1. The van der Waals surface area contributed by atoms with Crippen LogP contribution in [-0.4, -0.2) is 19.5 Å². The van der Waals surface area contributed by atoms with E-state index in [4.69, 9.17) is 9.47 Å². The number of hydrogen-bond donors (Lipinski definition) is 0. The summed E-state index contributed by atoms with van der Waals surface area (Å²) >= 11 is 1.93. The summed E-state index contributed by atoms with van der Waals surface area (Å²) in [5.41, 5.74) is 1.30. The Morgan fingerprint density at radius 2 is 1.75 bits per heavy atom. The molecule has 3 heteroatoms. The Labute approximate surface area is 125 Å². The number of methoxy groups -OCH3 is 1. The molecule has 0 radical (unpaired) electrons. The molecule has 0 aliphatic carbocycles. The van der Waals surface area contributed by atoms with Crippen LogP contribution in [0.3, 0.4) is 0 Å². The summed E-state index contributed by atoms with van der Waals surface area (Å²) in [6, 6.07) is 18.2. The monoisotopic (exact) mass is 288 g/mol. The van der Waals surface area contributed by atoms with Crippen molar-refractivity contribution in [3.8, 4) is 11.5 Å². The lowest BCUT2D eigenvalue weighted by Crippen LogP contribution is -1.98. The van der Waals surface area contributed by atoms with Crippen molar-refractivity contribution in [3.63, 3.8) is 0 Å². The second-order valence-electron chi connectivity index (χ2n) is 4.42. The van der Waals surface area contributed by atoms with Crippen molar-refractivity contribution in [1.29, 1.82) is 0 Å². The standard InChI is InChI=1S/C17H20O2S/c1-18-17-10-5-7-15(13-17)14-20-12-6-11-19-16-8-3-2-4-9-16/h2-5,7-10,13H,6,11-12,14H2,1H3. The van der Waals surface area contributed by atoms with Crippen molar-refractivity contribution in [2.24, 2.45) is 0 Å². The van der Waals surface area contributed by atoms with Crippen molar-refractivity contribution in [3.05, 3.63) is 60.2 Å². The van der Waals surface area contributed by atoms with E-state index in [2.05, 4.69) is 12.1 Å². The molecular weight excluding hydrogens is 268 g/mol. The molecule has 0 fully saturated rings. The second kappa shape index (κ2) is 8.54. The Morgan fingerprint density at radius 3 is 2.55 bits per heavy atom. The fourth-order valence-electron chi connectivity index (χ4n) is 1.82. The predicted octanol–water partition coefficient (Wildman–Crippen LogP) is 4.40. The van der Waals surface area contributed by atoms with E-state index < -0.39 is 0 Å². The highest BCUT2D eigenvalue weighted by atomic mass is 32.2. The van der Waals surface area contributed by atoms with Crippen LogP contribution >= 0.6 is 11.8 Å². The van der Waals surface area contributed by atoms with Crippen molar-refractivity contribution in [2.75, 3.05) is 19.5 Å². The van der Waals surface area contributed by atoms with Crippen LogP contribution in [0.15, 0.2) is 54.6 Å². The molecule has 0 aromatic heterocycles. The predicted molar refractivity (Wildman–Crippen MR) is 85.7 cm³/mol. The first-order chi connectivity index (χ1) is 9.88. The molecular formula is C17H20O2S. The van der Waals surface area contributed by atoms with Gasteiger partial charge in [-0.15, -0.1) is 0 Å². The van der Waals surface area contributed by atoms with Gasteiger partial charge in [-0.05, 0) is 42.0 Å². The average Bonchev–Trinajstić information content (AvgIpc) is 2.52. The van der Waals surface area contributed by atoms with E-state index in [0.717, 1.165) is 36.0 Å². The lowest BCUT2D eigenvalue weighted by molar-refractivity contribution is 0.318. The van der Waals surface area contributed by atoms with E-state index in [1.54, 1.807) is 7.11 Å². The molecule has 0 saturated heterocycles. The van der Waals surface area contributed by atoms with Gasteiger partial charge in [-0.1, -0.05) is 30.3 Å². The second-order valence-corrected chi connectivity index (χ2v) is 5.52. The maximum atomic E-state index is 5.66. The zero-order chi connectivity index (χ0) is 14.0. The summed E-state index contributed by atoms with van der Waals surface area (Å²) in [6.07, 6.45) is 1.06. The highest BCUT2D eigenvalue weighted by molar-refractivity contribution is 7.98. The number of para-hydroxylation sites is 1. The van der Waals surface area contributed by atoms with Gasteiger partial charge in [0.25, 0.3) is 0 Å². The van der Waals surface area contributed by atoms with Crippen LogP contribution in [0.5, 0.6) is 11.5 Å². The third-order valence-electron chi connectivity index (χ3n) is 2.85. The van der Waals surface area contributed by atoms with Gasteiger partial charge in [0.15, 0.2) is 0 Å². The van der Waals surface area contributed by atoms with Crippen LogP contribution in [0.1, 0.15) is 12.0 Å². The molecule has 2 aromatic rings. The first-order valence-electron chi connectivity index (χ1n) is 6.77. The summed E-state index contributed by atoms with van der Waals surface area (Å²) in [4.78, 5) is 0. The number of benzene rings is 2. The molecule has 2 rings (SSSR count). The van der Waals surface area contributed by atoms with E-state index in [1.165, 1.54) is 5.56 Å². The molecule has 0 amide bonds. The molecule has 106 valence electrons. The lowest BCUT2D eigenvalue weighted by Gasteiger charge is -2.06. The third kappa shape index (κ3) is 5.17. The van der Waals surface area contributed by atoms with Crippen LogP contribution in [0.4, 0.5) is 0 Å². The lowest BCUT2D eigenvalue weighted by atomic mass is 10.2. The van der Waals surface area contributed by atoms with Gasteiger partial charge in [0, 0.05) is 5.75 Å². The molecule has 0 spiro atoms. The van der Waals surface area contributed by atoms with Gasteiger partial charge in [-0.2, -0.15) is 11.8 Å². The highest BCUT2D eigenvalue weighted by Gasteiger charge is 1.97. The Hall–Kier alpha value is -1.61. The van der Waals surface area contributed by atoms with Crippen LogP contribution in [0, 0.1) is 0 Å². The fourth-order valence-corrected chi connectivity index (χ4v) is 2.70. The molecule has 20 heavy (non-hydrogen) atoms. The van der Waals surface area contributed by atoms with E-state index in [9.17, 15) is 0 Å². The number of rotatable bonds is 8. The Balaban J connectivity index is 1.59. The van der Waals surface area contributed by atoms with Crippen molar-refractivity contribution < 1.29 is 9.47 Å². The molecule has 0 N–H and O–H groups in total. The largest absolute Gasteiger partial charge is 0.497 e. The number of ether oxygens (including phenoxy) is 2. The van der Waals surface area contributed by atoms with Gasteiger partial charge < -0.3 is 9.47 Å². The summed E-state index contributed by atoms with van der Waals surface area (Å²) in [6.45, 7) is 0.773. The van der Waals surface area contributed by atoms with E-state index in [0.29, 0.717) is 0 Å². The first kappa shape index (κ1) is 14.8. The summed E-state index contributed by atoms with van der Waals surface area (Å²) < 4.78 is 10.9. The van der Waals surface area contributed by atoms with E-state index >= 15 is 0 Å². The third-order valence-corrected chi connectivity index (χ3v) is 3.96. The fraction of sp³-hybridized carbons (Fsp3) is 0.294. The van der Waals surface area contributed by atoms with Gasteiger partial charge in [0.2, 0.25) is 0 Å².